The molecule has 8 heteroatoms. The maximum atomic E-state index is 12.3. The van der Waals surface area contributed by atoms with Crippen LogP contribution in [0.25, 0.3) is 0 Å². The number of fused-ring (bicyclic) bond motifs is 1. The minimum atomic E-state index is -0.988. The van der Waals surface area contributed by atoms with E-state index in [1.54, 1.807) is 24.3 Å². The van der Waals surface area contributed by atoms with Crippen molar-refractivity contribution in [2.45, 2.75) is 19.3 Å². The molecule has 0 aromatic carbocycles. The lowest BCUT2D eigenvalue weighted by molar-refractivity contribution is -0.137. The number of hydrogen-bond donors (Lipinski definition) is 2. The summed E-state index contributed by atoms with van der Waals surface area (Å²) in [6.07, 6.45) is 7.01. The largest absolute Gasteiger partial charge is 0.481 e. The quantitative estimate of drug-likeness (QED) is 0.709. The number of aliphatic imine (C=N–C) groups is 1. The molecule has 122 valence electrons. The number of hydrogen-bond acceptors (Lipinski definition) is 4. The third-order valence-corrected chi connectivity index (χ3v) is 3.43. The number of carbonyl (C=O) groups excluding carboxylic acids is 3. The summed E-state index contributed by atoms with van der Waals surface area (Å²) in [4.78, 5) is 50.9. The van der Waals surface area contributed by atoms with E-state index in [4.69, 9.17) is 5.11 Å². The molecule has 2 N–H and O–H groups in total. The van der Waals surface area contributed by atoms with Crippen LogP contribution in [0.1, 0.15) is 19.3 Å². The average molecular weight is 319 g/mol. The van der Waals surface area contributed by atoms with E-state index in [-0.39, 0.29) is 37.7 Å². The third-order valence-electron chi connectivity index (χ3n) is 3.43. The van der Waals surface area contributed by atoms with E-state index in [9.17, 15) is 19.2 Å². The van der Waals surface area contributed by atoms with Crippen molar-refractivity contribution in [1.29, 1.82) is 0 Å². The molecule has 4 amide bonds. The summed E-state index contributed by atoms with van der Waals surface area (Å²) in [6.45, 7) is 0.164. The van der Waals surface area contributed by atoms with Gasteiger partial charge in [-0.3, -0.25) is 19.3 Å². The number of allylic oxidation sites excluding steroid dienone is 3. The Morgan fingerprint density at radius 2 is 2.04 bits per heavy atom. The number of carboxylic acid groups (broad SMARTS) is 1. The van der Waals surface area contributed by atoms with Gasteiger partial charge in [-0.15, -0.1) is 0 Å². The van der Waals surface area contributed by atoms with Crippen molar-refractivity contribution < 1.29 is 24.3 Å². The number of rotatable bonds is 7. The van der Waals surface area contributed by atoms with Crippen LogP contribution in [0.2, 0.25) is 0 Å². The van der Waals surface area contributed by atoms with Gasteiger partial charge in [0.1, 0.15) is 0 Å². The van der Waals surface area contributed by atoms with Gasteiger partial charge in [0.15, 0.2) is 0 Å². The Kier molecular flexibility index (Phi) is 5.40. The molecular formula is C15H17N3O5. The molecule has 0 aromatic rings. The van der Waals surface area contributed by atoms with Gasteiger partial charge in [0.2, 0.25) is 11.8 Å². The summed E-state index contributed by atoms with van der Waals surface area (Å²) >= 11 is 0. The van der Waals surface area contributed by atoms with E-state index in [2.05, 4.69) is 10.3 Å². The van der Waals surface area contributed by atoms with Gasteiger partial charge >= 0.3 is 12.0 Å². The summed E-state index contributed by atoms with van der Waals surface area (Å²) in [5, 5.41) is 10.9. The maximum absolute atomic E-state index is 12.3. The van der Waals surface area contributed by atoms with E-state index in [1.165, 1.54) is 0 Å². The summed E-state index contributed by atoms with van der Waals surface area (Å²) in [7, 11) is 0. The van der Waals surface area contributed by atoms with Crippen molar-refractivity contribution in [1.82, 2.24) is 10.2 Å². The summed E-state index contributed by atoms with van der Waals surface area (Å²) in [6, 6.07) is -0.618. The Morgan fingerprint density at radius 3 is 2.78 bits per heavy atom. The Balaban J connectivity index is 1.81. The molecule has 1 unspecified atom stereocenters. The maximum Gasteiger partial charge on any atom is 0.350 e. The van der Waals surface area contributed by atoms with Gasteiger partial charge < -0.3 is 10.4 Å². The van der Waals surface area contributed by atoms with Crippen molar-refractivity contribution in [2.75, 3.05) is 13.1 Å². The van der Waals surface area contributed by atoms with Crippen molar-refractivity contribution >= 4 is 29.5 Å². The molecule has 1 aliphatic carbocycles. The Morgan fingerprint density at radius 1 is 1.26 bits per heavy atom. The number of aliphatic carboxylic acids is 1. The molecule has 1 aliphatic heterocycles. The highest BCUT2D eigenvalue weighted by Gasteiger charge is 2.35. The van der Waals surface area contributed by atoms with Gasteiger partial charge in [-0.25, -0.2) is 4.79 Å². The second-order valence-corrected chi connectivity index (χ2v) is 5.13. The van der Waals surface area contributed by atoms with Gasteiger partial charge in [-0.2, -0.15) is 4.99 Å². The predicted molar refractivity (Wildman–Crippen MR) is 80.8 cm³/mol. The van der Waals surface area contributed by atoms with Gasteiger partial charge in [0.05, 0.1) is 18.1 Å². The number of imide groups is 1. The lowest BCUT2D eigenvalue weighted by Gasteiger charge is -2.28. The van der Waals surface area contributed by atoms with Crippen LogP contribution < -0.4 is 5.32 Å². The molecule has 2 rings (SSSR count). The first kappa shape index (κ1) is 16.6. The highest BCUT2D eigenvalue weighted by molar-refractivity contribution is 6.21. The molecule has 0 fully saturated rings. The average Bonchev–Trinajstić information content (AvgIpc) is 2.50. The van der Waals surface area contributed by atoms with Gasteiger partial charge in [-0.05, 0) is 12.5 Å². The normalized spacial score (nSPS) is 19.4. The SMILES string of the molecule is O=C(O)CCNC(=O)CCCN1C(=O)N=C2C=CC=CC2C1=O. The Bertz CT molecular complexity index is 621. The van der Waals surface area contributed by atoms with E-state index >= 15 is 0 Å². The summed E-state index contributed by atoms with van der Waals surface area (Å²) < 4.78 is 0. The van der Waals surface area contributed by atoms with Crippen molar-refractivity contribution in [3.8, 4) is 0 Å². The molecule has 23 heavy (non-hydrogen) atoms. The molecule has 0 bridgehead atoms. The van der Waals surface area contributed by atoms with Crippen LogP contribution in [0.4, 0.5) is 4.79 Å². The second-order valence-electron chi connectivity index (χ2n) is 5.13. The number of amides is 4. The second kappa shape index (κ2) is 7.48. The standard InChI is InChI=1S/C15H17N3O5/c19-12(16-8-7-13(20)21)6-3-9-18-14(22)10-4-1-2-5-11(10)17-15(18)23/h1-2,4-5,10H,3,6-9H2,(H,16,19)(H,20,21). The van der Waals surface area contributed by atoms with Gasteiger partial charge in [0, 0.05) is 19.5 Å². The zero-order valence-corrected chi connectivity index (χ0v) is 12.4. The topological polar surface area (TPSA) is 116 Å². The number of nitrogens with one attached hydrogen (secondary N) is 1. The summed E-state index contributed by atoms with van der Waals surface area (Å²) in [5.41, 5.74) is 0.435. The minimum absolute atomic E-state index is 0.0581. The van der Waals surface area contributed by atoms with Crippen LogP contribution in [0.5, 0.6) is 0 Å². The van der Waals surface area contributed by atoms with Crippen LogP contribution in [0.3, 0.4) is 0 Å². The smallest absolute Gasteiger partial charge is 0.350 e. The van der Waals surface area contributed by atoms with E-state index in [1.807, 2.05) is 0 Å². The third kappa shape index (κ3) is 4.35. The summed E-state index contributed by atoms with van der Waals surface area (Å²) in [5.74, 6) is -2.18. The molecule has 1 atom stereocenters. The first-order valence-electron chi connectivity index (χ1n) is 7.26. The van der Waals surface area contributed by atoms with Gasteiger partial charge in [0.25, 0.3) is 0 Å². The van der Waals surface area contributed by atoms with Crippen molar-refractivity contribution in [3.05, 3.63) is 24.3 Å². The van der Waals surface area contributed by atoms with Crippen LogP contribution in [-0.4, -0.2) is 52.6 Å². The highest BCUT2D eigenvalue weighted by Crippen LogP contribution is 2.19. The van der Waals surface area contributed by atoms with Crippen LogP contribution in [0, 0.1) is 5.92 Å². The number of urea groups is 1. The Hall–Kier alpha value is -2.77. The highest BCUT2D eigenvalue weighted by atomic mass is 16.4. The van der Waals surface area contributed by atoms with E-state index in [0.717, 1.165) is 4.90 Å². The van der Waals surface area contributed by atoms with E-state index < -0.39 is 17.9 Å². The fourth-order valence-electron chi connectivity index (χ4n) is 2.28. The van der Waals surface area contributed by atoms with Crippen LogP contribution in [0.15, 0.2) is 29.3 Å². The zero-order valence-electron chi connectivity index (χ0n) is 12.4. The Labute approximate surface area is 132 Å². The number of nitrogens with zero attached hydrogens (tertiary/aromatic N) is 2. The molecule has 2 aliphatic rings. The van der Waals surface area contributed by atoms with Gasteiger partial charge in [-0.1, -0.05) is 18.2 Å². The van der Waals surface area contributed by atoms with Crippen LogP contribution >= 0.6 is 0 Å². The lowest BCUT2D eigenvalue weighted by Crippen LogP contribution is -2.46. The van der Waals surface area contributed by atoms with Crippen molar-refractivity contribution in [3.63, 3.8) is 0 Å². The molecule has 0 saturated heterocycles. The van der Waals surface area contributed by atoms with Crippen molar-refractivity contribution in [2.24, 2.45) is 10.9 Å². The monoisotopic (exact) mass is 319 g/mol. The first-order valence-corrected chi connectivity index (χ1v) is 7.26. The molecule has 0 aromatic heterocycles. The van der Waals surface area contributed by atoms with Crippen LogP contribution in [-0.2, 0) is 14.4 Å². The van der Waals surface area contributed by atoms with E-state index in [0.29, 0.717) is 12.1 Å². The lowest BCUT2D eigenvalue weighted by atomic mass is 9.95. The fourth-order valence-corrected chi connectivity index (χ4v) is 2.28. The molecule has 1 heterocycles. The fraction of sp³-hybridized carbons (Fsp3) is 0.400. The molecule has 0 spiro atoms. The molecule has 0 radical (unpaired) electrons. The number of carbonyl (C=O) groups is 4. The molecular weight excluding hydrogens is 302 g/mol. The predicted octanol–water partition coefficient (Wildman–Crippen LogP) is 0.503. The number of carboxylic acids is 1. The molecule has 0 saturated carbocycles. The first-order chi connectivity index (χ1) is 11.0. The molecule has 8 nitrogen and oxygen atoms in total. The zero-order chi connectivity index (χ0) is 16.8. The minimum Gasteiger partial charge on any atom is -0.481 e.